The maximum atomic E-state index is 13.4. The van der Waals surface area contributed by atoms with E-state index in [1.807, 2.05) is 24.3 Å². The summed E-state index contributed by atoms with van der Waals surface area (Å²) >= 11 is 0. The van der Waals surface area contributed by atoms with Gasteiger partial charge in [0.1, 0.15) is 17.2 Å². The van der Waals surface area contributed by atoms with Gasteiger partial charge in [-0.25, -0.2) is 4.39 Å². The lowest BCUT2D eigenvalue weighted by molar-refractivity contribution is 0.0759. The first kappa shape index (κ1) is 13.9. The molecular weight excluding hydrogens is 265 g/mol. The molecule has 21 heavy (non-hydrogen) atoms. The summed E-state index contributed by atoms with van der Waals surface area (Å²) in [5.74, 6) is 0.748. The van der Waals surface area contributed by atoms with Gasteiger partial charge in [0.25, 0.3) is 0 Å². The number of para-hydroxylation sites is 1. The normalized spacial score (nSPS) is 19.5. The second-order valence-electron chi connectivity index (χ2n) is 6.26. The molecule has 1 heterocycles. The van der Waals surface area contributed by atoms with Crippen LogP contribution in [-0.2, 0) is 0 Å². The van der Waals surface area contributed by atoms with Crippen molar-refractivity contribution in [3.05, 3.63) is 59.4 Å². The maximum Gasteiger partial charge on any atom is 0.126 e. The Labute approximate surface area is 125 Å². The van der Waals surface area contributed by atoms with Gasteiger partial charge in [-0.2, -0.15) is 0 Å². The number of nitrogens with one attached hydrogen (secondary N) is 1. The van der Waals surface area contributed by atoms with Crippen LogP contribution in [0.2, 0.25) is 0 Å². The Morgan fingerprint density at radius 2 is 1.95 bits per heavy atom. The number of benzene rings is 2. The molecule has 0 saturated carbocycles. The Morgan fingerprint density at radius 1 is 1.19 bits per heavy atom. The molecule has 0 bridgehead atoms. The molecule has 1 aliphatic heterocycles. The Kier molecular flexibility index (Phi) is 3.36. The van der Waals surface area contributed by atoms with Crippen molar-refractivity contribution in [1.82, 2.24) is 0 Å². The molecule has 2 aromatic rings. The number of ether oxygens (including phenoxy) is 1. The summed E-state index contributed by atoms with van der Waals surface area (Å²) < 4.78 is 19.4. The van der Waals surface area contributed by atoms with E-state index < -0.39 is 0 Å². The zero-order valence-electron chi connectivity index (χ0n) is 12.6. The highest BCUT2D eigenvalue weighted by molar-refractivity contribution is 5.50. The van der Waals surface area contributed by atoms with Gasteiger partial charge >= 0.3 is 0 Å². The van der Waals surface area contributed by atoms with E-state index >= 15 is 0 Å². The summed E-state index contributed by atoms with van der Waals surface area (Å²) in [6.07, 6.45) is 0.862. The second-order valence-corrected chi connectivity index (χ2v) is 6.26. The van der Waals surface area contributed by atoms with E-state index in [-0.39, 0.29) is 17.5 Å². The first-order valence-electron chi connectivity index (χ1n) is 7.25. The molecule has 1 aliphatic rings. The molecule has 2 aromatic carbocycles. The Balaban J connectivity index is 1.92. The molecule has 0 fully saturated rings. The smallest absolute Gasteiger partial charge is 0.126 e. The highest BCUT2D eigenvalue weighted by atomic mass is 19.1. The fraction of sp³-hybridized carbons (Fsp3) is 0.333. The van der Waals surface area contributed by atoms with Crippen LogP contribution in [0.3, 0.4) is 0 Å². The van der Waals surface area contributed by atoms with E-state index in [4.69, 9.17) is 4.74 Å². The van der Waals surface area contributed by atoms with Crippen molar-refractivity contribution in [2.75, 3.05) is 5.32 Å². The van der Waals surface area contributed by atoms with Crippen LogP contribution < -0.4 is 10.1 Å². The molecule has 3 heteroatoms. The van der Waals surface area contributed by atoms with Crippen molar-refractivity contribution < 1.29 is 9.13 Å². The van der Waals surface area contributed by atoms with Gasteiger partial charge in [0, 0.05) is 17.7 Å². The van der Waals surface area contributed by atoms with Gasteiger partial charge in [0.05, 0.1) is 6.04 Å². The first-order chi connectivity index (χ1) is 9.94. The minimum absolute atomic E-state index is 0.162. The third-order valence-corrected chi connectivity index (χ3v) is 3.88. The molecule has 1 N–H and O–H groups in total. The molecule has 0 aromatic heterocycles. The highest BCUT2D eigenvalue weighted by Crippen LogP contribution is 2.40. The minimum Gasteiger partial charge on any atom is -0.487 e. The fourth-order valence-corrected chi connectivity index (χ4v) is 2.87. The van der Waals surface area contributed by atoms with Crippen LogP contribution in [0.1, 0.15) is 37.4 Å². The molecule has 1 unspecified atom stereocenters. The van der Waals surface area contributed by atoms with Crippen molar-refractivity contribution in [2.24, 2.45) is 0 Å². The van der Waals surface area contributed by atoms with Crippen molar-refractivity contribution in [3.63, 3.8) is 0 Å². The molecular formula is C18H20FNO. The van der Waals surface area contributed by atoms with Gasteiger partial charge in [0.15, 0.2) is 0 Å². The van der Waals surface area contributed by atoms with E-state index in [1.54, 1.807) is 13.0 Å². The molecule has 0 spiro atoms. The number of halogens is 1. The van der Waals surface area contributed by atoms with Crippen LogP contribution in [0.4, 0.5) is 10.1 Å². The third-order valence-electron chi connectivity index (χ3n) is 3.88. The summed E-state index contributed by atoms with van der Waals surface area (Å²) in [7, 11) is 0. The summed E-state index contributed by atoms with van der Waals surface area (Å²) in [5.41, 5.74) is 2.52. The SMILES string of the molecule is Cc1cc(NC2CC(C)(C)Oc3ccccc32)ccc1F. The van der Waals surface area contributed by atoms with E-state index in [2.05, 4.69) is 25.2 Å². The van der Waals surface area contributed by atoms with Crippen molar-refractivity contribution in [1.29, 1.82) is 0 Å². The minimum atomic E-state index is -0.221. The predicted octanol–water partition coefficient (Wildman–Crippen LogP) is 4.85. The predicted molar refractivity (Wildman–Crippen MR) is 83.3 cm³/mol. The largest absolute Gasteiger partial charge is 0.487 e. The molecule has 0 radical (unpaired) electrons. The number of hydrogen-bond donors (Lipinski definition) is 1. The van der Waals surface area contributed by atoms with Crippen molar-refractivity contribution in [3.8, 4) is 5.75 Å². The number of aryl methyl sites for hydroxylation is 1. The summed E-state index contributed by atoms with van der Waals surface area (Å²) in [4.78, 5) is 0. The molecule has 0 aliphatic carbocycles. The van der Waals surface area contributed by atoms with Gasteiger partial charge < -0.3 is 10.1 Å². The van der Waals surface area contributed by atoms with Gasteiger partial charge in [-0.1, -0.05) is 18.2 Å². The fourth-order valence-electron chi connectivity index (χ4n) is 2.87. The average molecular weight is 285 g/mol. The van der Waals surface area contributed by atoms with E-state index in [9.17, 15) is 4.39 Å². The molecule has 0 saturated heterocycles. The number of fused-ring (bicyclic) bond motifs is 1. The monoisotopic (exact) mass is 285 g/mol. The van der Waals surface area contributed by atoms with E-state index in [0.717, 1.165) is 23.4 Å². The molecule has 1 atom stereocenters. The standard InChI is InChI=1S/C18H20FNO/c1-12-10-13(8-9-15(12)19)20-16-11-18(2,3)21-17-7-5-4-6-14(16)17/h4-10,16,20H,11H2,1-3H3. The lowest BCUT2D eigenvalue weighted by Gasteiger charge is -2.38. The Bertz CT molecular complexity index is 666. The summed E-state index contributed by atoms with van der Waals surface area (Å²) in [6.45, 7) is 5.96. The van der Waals surface area contributed by atoms with Crippen LogP contribution >= 0.6 is 0 Å². The van der Waals surface area contributed by atoms with Crippen LogP contribution in [-0.4, -0.2) is 5.60 Å². The lowest BCUT2D eigenvalue weighted by Crippen LogP contribution is -2.37. The van der Waals surface area contributed by atoms with Crippen LogP contribution in [0.15, 0.2) is 42.5 Å². The van der Waals surface area contributed by atoms with Gasteiger partial charge in [0.2, 0.25) is 0 Å². The molecule has 110 valence electrons. The second kappa shape index (κ2) is 5.06. The van der Waals surface area contributed by atoms with Crippen LogP contribution in [0, 0.1) is 12.7 Å². The number of hydrogen-bond acceptors (Lipinski definition) is 2. The Morgan fingerprint density at radius 3 is 2.71 bits per heavy atom. The van der Waals surface area contributed by atoms with Crippen LogP contribution in [0.5, 0.6) is 5.75 Å². The highest BCUT2D eigenvalue weighted by Gasteiger charge is 2.33. The summed E-state index contributed by atoms with van der Waals surface area (Å²) in [6, 6.07) is 13.4. The quantitative estimate of drug-likeness (QED) is 0.851. The molecule has 3 rings (SSSR count). The lowest BCUT2D eigenvalue weighted by atomic mass is 9.89. The first-order valence-corrected chi connectivity index (χ1v) is 7.25. The number of rotatable bonds is 2. The average Bonchev–Trinajstić information content (AvgIpc) is 2.42. The maximum absolute atomic E-state index is 13.4. The zero-order valence-corrected chi connectivity index (χ0v) is 12.6. The number of anilines is 1. The third kappa shape index (κ3) is 2.87. The molecule has 2 nitrogen and oxygen atoms in total. The van der Waals surface area contributed by atoms with Gasteiger partial charge in [-0.15, -0.1) is 0 Å². The topological polar surface area (TPSA) is 21.3 Å². The van der Waals surface area contributed by atoms with Crippen molar-refractivity contribution >= 4 is 5.69 Å². The van der Waals surface area contributed by atoms with Crippen molar-refractivity contribution in [2.45, 2.75) is 38.8 Å². The Hall–Kier alpha value is -2.03. The van der Waals surface area contributed by atoms with E-state index in [1.165, 1.54) is 6.07 Å². The summed E-state index contributed by atoms with van der Waals surface area (Å²) in [5, 5.41) is 3.51. The van der Waals surface area contributed by atoms with E-state index in [0.29, 0.717) is 5.56 Å². The molecule has 0 amide bonds. The van der Waals surface area contributed by atoms with Gasteiger partial charge in [-0.3, -0.25) is 0 Å². The zero-order chi connectivity index (χ0) is 15.0. The van der Waals surface area contributed by atoms with Gasteiger partial charge in [-0.05, 0) is 50.6 Å². The van der Waals surface area contributed by atoms with Crippen LogP contribution in [0.25, 0.3) is 0 Å².